The van der Waals surface area contributed by atoms with Crippen LogP contribution in [-0.4, -0.2) is 11.3 Å². The van der Waals surface area contributed by atoms with Crippen LogP contribution in [0.1, 0.15) is 11.1 Å². The zero-order valence-corrected chi connectivity index (χ0v) is 15.4. The Kier molecular flexibility index (Phi) is 6.35. The molecule has 114 valence electrons. The van der Waals surface area contributed by atoms with Crippen molar-refractivity contribution in [1.29, 1.82) is 0 Å². The molecule has 0 aliphatic carbocycles. The first-order valence-electron chi connectivity index (χ1n) is 6.30. The van der Waals surface area contributed by atoms with Gasteiger partial charge in [-0.1, -0.05) is 37.9 Å². The highest BCUT2D eigenvalue weighted by Gasteiger charge is 2.02. The van der Waals surface area contributed by atoms with Crippen molar-refractivity contribution in [3.63, 3.8) is 0 Å². The van der Waals surface area contributed by atoms with Crippen LogP contribution in [0.3, 0.4) is 0 Å². The van der Waals surface area contributed by atoms with E-state index >= 15 is 0 Å². The number of ether oxygens (including phenoxy) is 1. The summed E-state index contributed by atoms with van der Waals surface area (Å²) in [5.74, 6) is 0.786. The molecule has 22 heavy (non-hydrogen) atoms. The molecule has 4 nitrogen and oxygen atoms in total. The van der Waals surface area contributed by atoms with Gasteiger partial charge in [-0.25, -0.2) is 0 Å². The van der Waals surface area contributed by atoms with Gasteiger partial charge in [0.25, 0.3) is 0 Å². The average Bonchev–Trinajstić information content (AvgIpc) is 2.47. The molecule has 0 aliphatic heterocycles. The maximum absolute atomic E-state index is 5.76. The van der Waals surface area contributed by atoms with Crippen molar-refractivity contribution in [2.24, 2.45) is 10.8 Å². The summed E-state index contributed by atoms with van der Waals surface area (Å²) in [5.41, 5.74) is 9.78. The number of nitrogens with zero attached hydrogens (tertiary/aromatic N) is 1. The van der Waals surface area contributed by atoms with Crippen LogP contribution >= 0.6 is 44.1 Å². The summed E-state index contributed by atoms with van der Waals surface area (Å²) in [6.45, 7) is 0.490. The molecule has 2 rings (SSSR count). The molecule has 2 aromatic carbocycles. The Morgan fingerprint density at radius 3 is 2.59 bits per heavy atom. The molecule has 7 heteroatoms. The Morgan fingerprint density at radius 2 is 1.95 bits per heavy atom. The van der Waals surface area contributed by atoms with Gasteiger partial charge >= 0.3 is 0 Å². The van der Waals surface area contributed by atoms with Crippen LogP contribution < -0.4 is 15.9 Å². The molecule has 0 aliphatic rings. The maximum Gasteiger partial charge on any atom is 0.184 e. The molecule has 0 bridgehead atoms. The van der Waals surface area contributed by atoms with Gasteiger partial charge in [0.05, 0.1) is 6.21 Å². The summed E-state index contributed by atoms with van der Waals surface area (Å²) in [7, 11) is 0. The molecule has 0 radical (unpaired) electrons. The van der Waals surface area contributed by atoms with Crippen molar-refractivity contribution in [1.82, 2.24) is 5.43 Å². The maximum atomic E-state index is 5.76. The van der Waals surface area contributed by atoms with Gasteiger partial charge in [0.2, 0.25) is 0 Å². The minimum Gasteiger partial charge on any atom is -0.489 e. The van der Waals surface area contributed by atoms with Gasteiger partial charge in [-0.3, -0.25) is 5.43 Å². The van der Waals surface area contributed by atoms with E-state index in [1.807, 2.05) is 42.5 Å². The standard InChI is InChI=1S/C15H13Br2N3OS/c16-12-4-3-11(14(17)7-12)9-21-13-5-1-10(2-6-13)8-19-20-15(18)22/h1-8H,9H2,(H3,18,20,22)/b19-8-. The Labute approximate surface area is 151 Å². The lowest BCUT2D eigenvalue weighted by Gasteiger charge is -2.08. The summed E-state index contributed by atoms with van der Waals surface area (Å²) in [4.78, 5) is 0. The minimum atomic E-state index is 0.135. The first-order chi connectivity index (χ1) is 10.5. The monoisotopic (exact) mass is 441 g/mol. The molecule has 0 aromatic heterocycles. The number of benzene rings is 2. The van der Waals surface area contributed by atoms with E-state index in [2.05, 4.69) is 54.6 Å². The van der Waals surface area contributed by atoms with Gasteiger partial charge < -0.3 is 10.5 Å². The van der Waals surface area contributed by atoms with E-state index < -0.39 is 0 Å². The van der Waals surface area contributed by atoms with Gasteiger partial charge in [-0.2, -0.15) is 5.10 Å². The average molecular weight is 443 g/mol. The van der Waals surface area contributed by atoms with E-state index in [4.69, 9.17) is 10.5 Å². The lowest BCUT2D eigenvalue weighted by atomic mass is 10.2. The largest absolute Gasteiger partial charge is 0.489 e. The van der Waals surface area contributed by atoms with Crippen LogP contribution in [0.4, 0.5) is 0 Å². The van der Waals surface area contributed by atoms with E-state index in [1.54, 1.807) is 6.21 Å². The van der Waals surface area contributed by atoms with E-state index in [9.17, 15) is 0 Å². The first kappa shape index (κ1) is 16.9. The fourth-order valence-electron chi connectivity index (χ4n) is 1.62. The number of nitrogens with two attached hydrogens (primary N) is 1. The Hall–Kier alpha value is -1.44. The van der Waals surface area contributed by atoms with Crippen molar-refractivity contribution in [3.05, 3.63) is 62.5 Å². The summed E-state index contributed by atoms with van der Waals surface area (Å²) >= 11 is 11.6. The quantitative estimate of drug-likeness (QED) is 0.418. The van der Waals surface area contributed by atoms with Crippen LogP contribution in [0.5, 0.6) is 5.75 Å². The van der Waals surface area contributed by atoms with E-state index in [0.717, 1.165) is 25.8 Å². The lowest BCUT2D eigenvalue weighted by molar-refractivity contribution is 0.305. The SMILES string of the molecule is NC(=S)N/N=C\c1ccc(OCc2ccc(Br)cc2Br)cc1. The van der Waals surface area contributed by atoms with Crippen LogP contribution in [-0.2, 0) is 6.61 Å². The smallest absolute Gasteiger partial charge is 0.184 e. The van der Waals surface area contributed by atoms with E-state index in [0.29, 0.717) is 6.61 Å². The molecular weight excluding hydrogens is 430 g/mol. The topological polar surface area (TPSA) is 59.6 Å². The third kappa shape index (κ3) is 5.40. The molecule has 2 aromatic rings. The molecule has 0 saturated heterocycles. The van der Waals surface area contributed by atoms with Gasteiger partial charge in [0.1, 0.15) is 12.4 Å². The van der Waals surface area contributed by atoms with Crippen molar-refractivity contribution < 1.29 is 4.74 Å². The number of nitrogens with one attached hydrogen (secondary N) is 1. The fraction of sp³-hybridized carbons (Fsp3) is 0.0667. The minimum absolute atomic E-state index is 0.135. The number of rotatable bonds is 5. The number of hydrogen-bond acceptors (Lipinski definition) is 3. The number of hydrazone groups is 1. The number of thiocarbonyl (C=S) groups is 1. The predicted octanol–water partition coefficient (Wildman–Crippen LogP) is 3.96. The number of halogens is 2. The van der Waals surface area contributed by atoms with Crippen molar-refractivity contribution in [2.75, 3.05) is 0 Å². The molecule has 0 amide bonds. The van der Waals surface area contributed by atoms with Gasteiger partial charge in [0.15, 0.2) is 5.11 Å². The molecule has 0 unspecified atom stereocenters. The van der Waals surface area contributed by atoms with E-state index in [1.165, 1.54) is 0 Å². The second-order valence-corrected chi connectivity index (χ2v) is 6.54. The zero-order valence-electron chi connectivity index (χ0n) is 11.4. The molecule has 0 saturated carbocycles. The molecule has 3 N–H and O–H groups in total. The van der Waals surface area contributed by atoms with Crippen LogP contribution in [0.15, 0.2) is 56.5 Å². The highest BCUT2D eigenvalue weighted by molar-refractivity contribution is 9.11. The zero-order chi connectivity index (χ0) is 15.9. The summed E-state index contributed by atoms with van der Waals surface area (Å²) in [6.07, 6.45) is 1.63. The molecule has 0 heterocycles. The summed E-state index contributed by atoms with van der Waals surface area (Å²) in [6, 6.07) is 13.6. The number of hydrogen-bond donors (Lipinski definition) is 2. The third-order valence-corrected chi connectivity index (χ3v) is 4.00. The summed E-state index contributed by atoms with van der Waals surface area (Å²) < 4.78 is 7.80. The lowest BCUT2D eigenvalue weighted by Crippen LogP contribution is -2.23. The summed E-state index contributed by atoms with van der Waals surface area (Å²) in [5, 5.41) is 4.03. The second-order valence-electron chi connectivity index (χ2n) is 4.33. The molecule has 0 atom stereocenters. The van der Waals surface area contributed by atoms with Crippen molar-refractivity contribution in [2.45, 2.75) is 6.61 Å². The van der Waals surface area contributed by atoms with Crippen LogP contribution in [0.2, 0.25) is 0 Å². The molecule has 0 spiro atoms. The van der Waals surface area contributed by atoms with Crippen LogP contribution in [0.25, 0.3) is 0 Å². The Balaban J connectivity index is 1.93. The van der Waals surface area contributed by atoms with Gasteiger partial charge in [0, 0.05) is 14.5 Å². The predicted molar refractivity (Wildman–Crippen MR) is 100 cm³/mol. The van der Waals surface area contributed by atoms with Crippen LogP contribution in [0, 0.1) is 0 Å². The third-order valence-electron chi connectivity index (χ3n) is 2.68. The Morgan fingerprint density at radius 1 is 1.23 bits per heavy atom. The molecular formula is C15H13Br2N3OS. The van der Waals surface area contributed by atoms with Crippen molar-refractivity contribution in [3.8, 4) is 5.75 Å². The Bertz CT molecular complexity index is 690. The normalized spacial score (nSPS) is 10.6. The highest BCUT2D eigenvalue weighted by Crippen LogP contribution is 2.23. The second kappa shape index (κ2) is 8.26. The van der Waals surface area contributed by atoms with E-state index in [-0.39, 0.29) is 5.11 Å². The van der Waals surface area contributed by atoms with Gasteiger partial charge in [-0.15, -0.1) is 0 Å². The van der Waals surface area contributed by atoms with Crippen molar-refractivity contribution >= 4 is 55.4 Å². The molecule has 0 fully saturated rings. The van der Waals surface area contributed by atoms with Gasteiger partial charge in [-0.05, 0) is 54.2 Å². The first-order valence-corrected chi connectivity index (χ1v) is 8.29. The fourth-order valence-corrected chi connectivity index (χ4v) is 2.83. The highest BCUT2D eigenvalue weighted by atomic mass is 79.9.